The molecule has 1 saturated heterocycles. The van der Waals surface area contributed by atoms with Gasteiger partial charge in [0.2, 0.25) is 5.91 Å². The van der Waals surface area contributed by atoms with Crippen LogP contribution in [0.4, 0.5) is 5.69 Å². The maximum absolute atomic E-state index is 13.1. The summed E-state index contributed by atoms with van der Waals surface area (Å²) in [6, 6.07) is 8.62. The molecule has 5 rings (SSSR count). The van der Waals surface area contributed by atoms with Gasteiger partial charge >= 0.3 is 0 Å². The first kappa shape index (κ1) is 22.9. The molecule has 35 heavy (non-hydrogen) atoms. The van der Waals surface area contributed by atoms with Gasteiger partial charge in [0.25, 0.3) is 11.5 Å². The fraction of sp³-hybridized carbons (Fsp3) is 0.292. The van der Waals surface area contributed by atoms with Crippen LogP contribution in [0.2, 0.25) is 0 Å². The van der Waals surface area contributed by atoms with E-state index >= 15 is 0 Å². The Morgan fingerprint density at radius 2 is 1.94 bits per heavy atom. The molecule has 4 aromatic rings. The Balaban J connectivity index is 1.14. The summed E-state index contributed by atoms with van der Waals surface area (Å²) in [6.45, 7) is 3.68. The van der Waals surface area contributed by atoms with Crippen LogP contribution in [0.1, 0.15) is 22.5 Å². The lowest BCUT2D eigenvalue weighted by Gasteiger charge is -2.34. The quantitative estimate of drug-likeness (QED) is 0.424. The van der Waals surface area contributed by atoms with Crippen molar-refractivity contribution in [1.29, 1.82) is 0 Å². The second-order valence-corrected chi connectivity index (χ2v) is 9.26. The second kappa shape index (κ2) is 10.2. The van der Waals surface area contributed by atoms with Gasteiger partial charge in [-0.2, -0.15) is 0 Å². The number of hydrogen-bond donors (Lipinski definition) is 1. The highest BCUT2D eigenvalue weighted by Crippen LogP contribution is 2.16. The van der Waals surface area contributed by atoms with E-state index in [-0.39, 0.29) is 17.4 Å². The zero-order valence-corrected chi connectivity index (χ0v) is 19.9. The van der Waals surface area contributed by atoms with Crippen LogP contribution in [0.3, 0.4) is 0 Å². The zero-order valence-electron chi connectivity index (χ0n) is 19.0. The lowest BCUT2D eigenvalue weighted by atomic mass is 10.1. The number of nitrogens with one attached hydrogen (secondary N) is 1. The standard InChI is InChI=1S/C24H25N7O3S/c32-21(4-6-29-7-5-25-17-29)26-19-3-1-2-18(14-19)23(34)30-10-8-28(9-11-30)16-20-15-22(33)31-12-13-35-24(31)27-20/h1-3,5,7,12-15,17H,4,6,8-11,16H2,(H,26,32). The summed E-state index contributed by atoms with van der Waals surface area (Å²) in [7, 11) is 0. The molecule has 3 aromatic heterocycles. The van der Waals surface area contributed by atoms with Crippen molar-refractivity contribution in [3.63, 3.8) is 0 Å². The van der Waals surface area contributed by atoms with E-state index in [9.17, 15) is 14.4 Å². The number of anilines is 1. The number of hydrogen-bond acceptors (Lipinski definition) is 7. The molecule has 1 aromatic carbocycles. The molecule has 1 aliphatic heterocycles. The van der Waals surface area contributed by atoms with Crippen LogP contribution in [0.25, 0.3) is 4.96 Å². The van der Waals surface area contributed by atoms with Crippen molar-refractivity contribution in [2.75, 3.05) is 31.5 Å². The summed E-state index contributed by atoms with van der Waals surface area (Å²) in [4.78, 5) is 50.8. The minimum absolute atomic E-state index is 0.0597. The summed E-state index contributed by atoms with van der Waals surface area (Å²) < 4.78 is 3.38. The Hall–Kier alpha value is -3.83. The molecule has 11 heteroatoms. The summed E-state index contributed by atoms with van der Waals surface area (Å²) in [5.74, 6) is -0.179. The number of fused-ring (bicyclic) bond motifs is 1. The molecule has 4 heterocycles. The van der Waals surface area contributed by atoms with Crippen molar-refractivity contribution in [3.05, 3.63) is 82.2 Å². The molecule has 1 aliphatic rings. The van der Waals surface area contributed by atoms with Gasteiger partial charge in [0.15, 0.2) is 4.96 Å². The minimum Gasteiger partial charge on any atom is -0.337 e. The van der Waals surface area contributed by atoms with E-state index < -0.39 is 0 Å². The van der Waals surface area contributed by atoms with E-state index in [2.05, 4.69) is 20.2 Å². The normalized spacial score (nSPS) is 14.3. The van der Waals surface area contributed by atoms with E-state index in [4.69, 9.17) is 0 Å². The molecule has 1 fully saturated rings. The van der Waals surface area contributed by atoms with Gasteiger partial charge in [-0.25, -0.2) is 9.97 Å². The number of aromatic nitrogens is 4. The zero-order chi connectivity index (χ0) is 24.2. The summed E-state index contributed by atoms with van der Waals surface area (Å²) in [5, 5.41) is 4.71. The van der Waals surface area contributed by atoms with E-state index in [0.717, 1.165) is 5.69 Å². The van der Waals surface area contributed by atoms with Crippen LogP contribution < -0.4 is 10.9 Å². The molecule has 180 valence electrons. The van der Waals surface area contributed by atoms with Crippen LogP contribution in [-0.4, -0.2) is 66.7 Å². The number of piperazine rings is 1. The highest BCUT2D eigenvalue weighted by Gasteiger charge is 2.23. The summed E-state index contributed by atoms with van der Waals surface area (Å²) >= 11 is 1.44. The van der Waals surface area contributed by atoms with Crippen molar-refractivity contribution < 1.29 is 9.59 Å². The van der Waals surface area contributed by atoms with E-state index in [1.807, 2.05) is 21.0 Å². The predicted molar refractivity (Wildman–Crippen MR) is 132 cm³/mol. The SMILES string of the molecule is O=C(CCn1ccnc1)Nc1cccc(C(=O)N2CCN(Cc3cc(=O)n4ccsc4n3)CC2)c1. The van der Waals surface area contributed by atoms with E-state index in [1.165, 1.54) is 11.3 Å². The molecule has 0 aliphatic carbocycles. The highest BCUT2D eigenvalue weighted by atomic mass is 32.1. The number of benzene rings is 1. The Labute approximate surface area is 205 Å². The number of imidazole rings is 1. The molecule has 2 amide bonds. The van der Waals surface area contributed by atoms with Crippen molar-refractivity contribution in [3.8, 4) is 0 Å². The first-order valence-corrected chi connectivity index (χ1v) is 12.3. The molecule has 0 saturated carbocycles. The fourth-order valence-corrected chi connectivity index (χ4v) is 4.83. The van der Waals surface area contributed by atoms with Gasteiger partial charge in [0, 0.05) is 87.0 Å². The average molecular weight is 492 g/mol. The second-order valence-electron chi connectivity index (χ2n) is 8.39. The van der Waals surface area contributed by atoms with Gasteiger partial charge in [-0.3, -0.25) is 23.7 Å². The molecule has 0 radical (unpaired) electrons. The third-order valence-corrected chi connectivity index (χ3v) is 6.71. The average Bonchev–Trinajstić information content (AvgIpc) is 3.55. The van der Waals surface area contributed by atoms with Gasteiger partial charge < -0.3 is 14.8 Å². The number of thiazole rings is 1. The van der Waals surface area contributed by atoms with Gasteiger partial charge in [0.1, 0.15) is 0 Å². The molecular weight excluding hydrogens is 466 g/mol. The summed E-state index contributed by atoms with van der Waals surface area (Å²) in [5.41, 5.74) is 1.82. The smallest absolute Gasteiger partial charge is 0.258 e. The maximum atomic E-state index is 13.1. The van der Waals surface area contributed by atoms with Crippen molar-refractivity contribution in [1.82, 2.24) is 28.7 Å². The van der Waals surface area contributed by atoms with Gasteiger partial charge in [-0.15, -0.1) is 11.3 Å². The monoisotopic (exact) mass is 491 g/mol. The Morgan fingerprint density at radius 3 is 2.74 bits per heavy atom. The number of carbonyl (C=O) groups is 2. The van der Waals surface area contributed by atoms with Crippen molar-refractivity contribution >= 4 is 33.8 Å². The number of rotatable bonds is 7. The number of carbonyl (C=O) groups excluding carboxylic acids is 2. The molecule has 10 nitrogen and oxygen atoms in total. The number of nitrogens with zero attached hydrogens (tertiary/aromatic N) is 6. The number of aryl methyl sites for hydroxylation is 1. The third kappa shape index (κ3) is 5.47. The fourth-order valence-electron chi connectivity index (χ4n) is 4.09. The Kier molecular flexibility index (Phi) is 6.68. The molecular formula is C24H25N7O3S. The van der Waals surface area contributed by atoms with Crippen LogP contribution in [0.5, 0.6) is 0 Å². The Bertz CT molecular complexity index is 1390. The lowest BCUT2D eigenvalue weighted by molar-refractivity contribution is -0.116. The van der Waals surface area contributed by atoms with Crippen LogP contribution in [-0.2, 0) is 17.9 Å². The topological polar surface area (TPSA) is 105 Å². The predicted octanol–water partition coefficient (Wildman–Crippen LogP) is 1.94. The molecule has 0 atom stereocenters. The van der Waals surface area contributed by atoms with Crippen LogP contribution >= 0.6 is 11.3 Å². The molecule has 1 N–H and O–H groups in total. The van der Waals surface area contributed by atoms with E-state index in [0.29, 0.717) is 61.9 Å². The first-order chi connectivity index (χ1) is 17.0. The lowest BCUT2D eigenvalue weighted by Crippen LogP contribution is -2.48. The van der Waals surface area contributed by atoms with Crippen LogP contribution in [0.15, 0.2) is 65.4 Å². The number of amides is 2. The van der Waals surface area contributed by atoms with Gasteiger partial charge in [-0.05, 0) is 18.2 Å². The molecule has 0 unspecified atom stereocenters. The third-order valence-electron chi connectivity index (χ3n) is 5.95. The molecule has 0 bridgehead atoms. The largest absolute Gasteiger partial charge is 0.337 e. The van der Waals surface area contributed by atoms with Gasteiger partial charge in [0.05, 0.1) is 12.0 Å². The highest BCUT2D eigenvalue weighted by molar-refractivity contribution is 7.15. The van der Waals surface area contributed by atoms with Crippen molar-refractivity contribution in [2.45, 2.75) is 19.5 Å². The van der Waals surface area contributed by atoms with E-state index in [1.54, 1.807) is 53.5 Å². The maximum Gasteiger partial charge on any atom is 0.258 e. The van der Waals surface area contributed by atoms with Crippen LogP contribution in [0, 0.1) is 0 Å². The minimum atomic E-state index is -0.120. The first-order valence-electron chi connectivity index (χ1n) is 11.4. The Morgan fingerprint density at radius 1 is 1.09 bits per heavy atom. The molecule has 0 spiro atoms. The summed E-state index contributed by atoms with van der Waals surface area (Å²) in [6.07, 6.45) is 7.20. The van der Waals surface area contributed by atoms with Gasteiger partial charge in [-0.1, -0.05) is 6.07 Å². The van der Waals surface area contributed by atoms with Crippen molar-refractivity contribution in [2.24, 2.45) is 0 Å².